The number of hydrogen-bond donors (Lipinski definition) is 2. The van der Waals surface area contributed by atoms with E-state index >= 15 is 0 Å². The Bertz CT molecular complexity index is 1480. The van der Waals surface area contributed by atoms with Gasteiger partial charge >= 0.3 is 0 Å². The molecular formula is C40H56O2. The molecule has 2 rings (SSSR count). The molecule has 2 heteroatoms. The van der Waals surface area contributed by atoms with Crippen LogP contribution in [0.25, 0.3) is 0 Å². The number of aliphatic hydroxyl groups is 2. The Morgan fingerprint density at radius 3 is 1.86 bits per heavy atom. The molecule has 42 heavy (non-hydrogen) atoms. The van der Waals surface area contributed by atoms with Gasteiger partial charge in [-0.05, 0) is 77.1 Å². The van der Waals surface area contributed by atoms with Gasteiger partial charge in [0.05, 0.1) is 12.2 Å². The Balaban J connectivity index is 2.19. The summed E-state index contributed by atoms with van der Waals surface area (Å²) in [5.74, 6) is 0.202. The van der Waals surface area contributed by atoms with Gasteiger partial charge in [-0.25, -0.2) is 0 Å². The molecule has 0 amide bonds. The van der Waals surface area contributed by atoms with E-state index in [0.29, 0.717) is 19.3 Å². The van der Waals surface area contributed by atoms with Gasteiger partial charge in [0, 0.05) is 14.1 Å². The molecule has 2 nitrogen and oxygen atoms in total. The molecule has 0 saturated heterocycles. The van der Waals surface area contributed by atoms with E-state index in [2.05, 4.69) is 46.8 Å². The molecule has 0 saturated carbocycles. The van der Waals surface area contributed by atoms with E-state index in [-0.39, 0.29) is 34.0 Å². The highest BCUT2D eigenvalue weighted by atomic mass is 16.3. The number of allylic oxidation sites excluding steroid dienone is 20. The molecule has 3 atom stereocenters. The van der Waals surface area contributed by atoms with Crippen LogP contribution < -0.4 is 0 Å². The maximum atomic E-state index is 10.1. The van der Waals surface area contributed by atoms with E-state index in [1.807, 2.05) is 51.2 Å². The Morgan fingerprint density at radius 1 is 0.786 bits per heavy atom. The molecule has 0 aromatic carbocycles. The summed E-state index contributed by atoms with van der Waals surface area (Å²) in [6.07, 6.45) is 27.7. The quantitative estimate of drug-likeness (QED) is 0.201. The van der Waals surface area contributed by atoms with Gasteiger partial charge in [0.25, 0.3) is 0 Å². The van der Waals surface area contributed by atoms with Crippen molar-refractivity contribution in [2.24, 2.45) is 16.7 Å². The molecule has 228 valence electrons. The van der Waals surface area contributed by atoms with Crippen LogP contribution in [0, 0.1) is 16.7 Å². The molecule has 0 spiro atoms. The Hall–Kier alpha value is -2.94. The highest BCUT2D eigenvalue weighted by molar-refractivity contribution is 5.38. The zero-order valence-corrected chi connectivity index (χ0v) is 26.9. The summed E-state index contributed by atoms with van der Waals surface area (Å²) in [7, 11) is 0. The van der Waals surface area contributed by atoms with Gasteiger partial charge in [0.1, 0.15) is 0 Å². The van der Waals surface area contributed by atoms with E-state index in [1.54, 1.807) is 36.5 Å². The van der Waals surface area contributed by atoms with Gasteiger partial charge in [-0.1, -0.05) is 152 Å². The van der Waals surface area contributed by atoms with Crippen LogP contribution >= 0.6 is 0 Å². The van der Waals surface area contributed by atoms with Crippen LogP contribution in [-0.2, 0) is 0 Å². The smallest absolute Gasteiger partial charge is 0.0729 e. The normalized spacial score (nSPS) is 29.3. The average molecular weight is 575 g/mol. The van der Waals surface area contributed by atoms with E-state index in [4.69, 9.17) is 8.22 Å². The second kappa shape index (κ2) is 16.1. The second-order valence-corrected chi connectivity index (χ2v) is 13.1. The molecule has 0 aromatic heterocycles. The Labute approximate surface area is 265 Å². The number of rotatable bonds is 10. The predicted octanol–water partition coefficient (Wildman–Crippen LogP) is 10.4. The minimum atomic E-state index is -2.35. The van der Waals surface area contributed by atoms with Crippen molar-refractivity contribution in [1.82, 2.24) is 0 Å². The summed E-state index contributed by atoms with van der Waals surface area (Å²) in [6.45, 7) is 11.9. The van der Waals surface area contributed by atoms with Crippen LogP contribution in [0.5, 0.6) is 0 Å². The molecular weight excluding hydrogens is 512 g/mol. The van der Waals surface area contributed by atoms with Crippen molar-refractivity contribution in [3.05, 3.63) is 130 Å². The van der Waals surface area contributed by atoms with Crippen molar-refractivity contribution in [3.8, 4) is 0 Å². The van der Waals surface area contributed by atoms with Gasteiger partial charge < -0.3 is 10.2 Å². The van der Waals surface area contributed by atoms with E-state index in [0.717, 1.165) is 16.7 Å². The maximum Gasteiger partial charge on any atom is 0.0729 e. The summed E-state index contributed by atoms with van der Waals surface area (Å²) in [5.41, 5.74) is 5.50. The molecule has 0 fully saturated rings. The third-order valence-electron chi connectivity index (χ3n) is 8.00. The van der Waals surface area contributed by atoms with Crippen molar-refractivity contribution in [2.75, 3.05) is 0 Å². The lowest BCUT2D eigenvalue weighted by atomic mass is 9.67. The Kier molecular flexibility index (Phi) is 10.2. The zero-order chi connectivity index (χ0) is 36.5. The van der Waals surface area contributed by atoms with E-state index in [1.165, 1.54) is 23.3 Å². The summed E-state index contributed by atoms with van der Waals surface area (Å²) in [5, 5.41) is 20.2. The van der Waals surface area contributed by atoms with Crippen molar-refractivity contribution in [3.63, 3.8) is 0 Å². The standard InChI is InChI=1S/C40H56O2/c1-29(17-13-19-31(3)21-23-37-33(5)25-35(41)27-39(37,7)8)15-11-12-16-30(2)18-14-20-32(4)22-24-38-34(6)26-36(42)28-40(38,9)10/h11-25,35-37,41-42H,26-28H2,1-10H3/b12-11+,17-13+,18-14+,23-21+,24-22+,29-15+,30-16+,31-19+,32-20+/i1D3,2D3. The zero-order valence-electron chi connectivity index (χ0n) is 32.9. The molecule has 2 aliphatic carbocycles. The monoisotopic (exact) mass is 574 g/mol. The van der Waals surface area contributed by atoms with Crippen LogP contribution in [0.2, 0.25) is 0 Å². The first-order chi connectivity index (χ1) is 22.0. The van der Waals surface area contributed by atoms with Gasteiger partial charge in [0.2, 0.25) is 0 Å². The molecule has 0 bridgehead atoms. The van der Waals surface area contributed by atoms with E-state index in [9.17, 15) is 10.2 Å². The summed E-state index contributed by atoms with van der Waals surface area (Å²) in [4.78, 5) is 0. The van der Waals surface area contributed by atoms with Gasteiger partial charge in [0.15, 0.2) is 0 Å². The summed E-state index contributed by atoms with van der Waals surface area (Å²) in [6, 6.07) is 0. The molecule has 3 unspecified atom stereocenters. The lowest BCUT2D eigenvalue weighted by Crippen LogP contribution is -2.32. The van der Waals surface area contributed by atoms with Crippen molar-refractivity contribution in [1.29, 1.82) is 0 Å². The van der Waals surface area contributed by atoms with Crippen LogP contribution in [0.15, 0.2) is 130 Å². The second-order valence-electron chi connectivity index (χ2n) is 13.1. The fourth-order valence-electron chi connectivity index (χ4n) is 5.95. The molecule has 0 radical (unpaired) electrons. The fraction of sp³-hybridized carbons (Fsp3) is 0.450. The van der Waals surface area contributed by atoms with E-state index < -0.39 is 19.8 Å². The average Bonchev–Trinajstić information content (AvgIpc) is 2.89. The number of hydrogen-bond acceptors (Lipinski definition) is 2. The van der Waals surface area contributed by atoms with Crippen LogP contribution in [0.1, 0.15) is 96.6 Å². The largest absolute Gasteiger partial charge is 0.393 e. The Morgan fingerprint density at radius 2 is 1.33 bits per heavy atom. The highest BCUT2D eigenvalue weighted by Gasteiger charge is 2.34. The van der Waals surface area contributed by atoms with Crippen molar-refractivity contribution >= 4 is 0 Å². The molecule has 0 aromatic rings. The maximum absolute atomic E-state index is 10.1. The van der Waals surface area contributed by atoms with Gasteiger partial charge in [-0.3, -0.25) is 0 Å². The van der Waals surface area contributed by atoms with Gasteiger partial charge in [-0.15, -0.1) is 0 Å². The summed E-state index contributed by atoms with van der Waals surface area (Å²) < 4.78 is 47.6. The van der Waals surface area contributed by atoms with Crippen LogP contribution in [0.3, 0.4) is 0 Å². The lowest BCUT2D eigenvalue weighted by molar-refractivity contribution is 0.116. The fourth-order valence-corrected chi connectivity index (χ4v) is 5.95. The van der Waals surface area contributed by atoms with Crippen LogP contribution in [0.4, 0.5) is 0 Å². The lowest BCUT2D eigenvalue weighted by Gasteiger charge is -2.38. The first-order valence-corrected chi connectivity index (χ1v) is 14.9. The van der Waals surface area contributed by atoms with Gasteiger partial charge in [-0.2, -0.15) is 0 Å². The molecule has 0 heterocycles. The first-order valence-electron chi connectivity index (χ1n) is 17.9. The molecule has 0 aliphatic heterocycles. The SMILES string of the molecule is [2H]C([2H])([2H])C(/C=C/C=C(C)/C=C/C1=C(C)CC(O)CC1(C)C)=C\C=C\C=C(\C=C\C=C(C)\C=C\C1C(C)=CC(O)CC1(C)C)C([2H])([2H])[2H]. The third-order valence-corrected chi connectivity index (χ3v) is 8.00. The topological polar surface area (TPSA) is 40.5 Å². The summed E-state index contributed by atoms with van der Waals surface area (Å²) >= 11 is 0. The minimum absolute atomic E-state index is 0.0685. The molecule has 2 aliphatic rings. The first kappa shape index (κ1) is 26.7. The number of aliphatic hydroxyl groups excluding tert-OH is 2. The third kappa shape index (κ3) is 11.7. The van der Waals surface area contributed by atoms with Crippen molar-refractivity contribution in [2.45, 2.75) is 101 Å². The highest BCUT2D eigenvalue weighted by Crippen LogP contribution is 2.42. The minimum Gasteiger partial charge on any atom is -0.393 e. The predicted molar refractivity (Wildman–Crippen MR) is 184 cm³/mol. The molecule has 2 N–H and O–H groups in total. The van der Waals surface area contributed by atoms with Crippen molar-refractivity contribution < 1.29 is 18.4 Å². The van der Waals surface area contributed by atoms with Crippen LogP contribution in [-0.4, -0.2) is 22.4 Å².